The molecule has 7 heteroatoms. The van der Waals surface area contributed by atoms with E-state index < -0.39 is 17.6 Å². The number of nitrogens with two attached hydrogens (primary N) is 1. The van der Waals surface area contributed by atoms with Crippen LogP contribution >= 0.6 is 0 Å². The van der Waals surface area contributed by atoms with Crippen LogP contribution in [0.4, 0.5) is 23.4 Å². The molecule has 1 heterocycles. The summed E-state index contributed by atoms with van der Waals surface area (Å²) < 4.78 is 53.6. The summed E-state index contributed by atoms with van der Waals surface area (Å²) in [4.78, 5) is 4.02. The lowest BCUT2D eigenvalue weighted by atomic mass is 10.0. The molecule has 0 unspecified atom stereocenters. The molecule has 0 aliphatic heterocycles. The summed E-state index contributed by atoms with van der Waals surface area (Å²) in [6, 6.07) is 2.36. The van der Waals surface area contributed by atoms with Crippen LogP contribution in [-0.2, 0) is 12.7 Å². The molecule has 2 N–H and O–H groups in total. The molecule has 110 valence electrons. The van der Waals surface area contributed by atoms with Gasteiger partial charge in [0.2, 0.25) is 0 Å². The SMILES string of the molecule is C#CCn1c(C)nc(-c2ccc(F)cc2C(F)(F)F)c1N. The second kappa shape index (κ2) is 5.13. The number of aromatic nitrogens is 2. The molecule has 0 saturated heterocycles. The van der Waals surface area contributed by atoms with Gasteiger partial charge in [0.25, 0.3) is 0 Å². The lowest BCUT2D eigenvalue weighted by Crippen LogP contribution is -2.09. The Morgan fingerprint density at radius 1 is 1.38 bits per heavy atom. The van der Waals surface area contributed by atoms with Crippen LogP contribution in [0.15, 0.2) is 18.2 Å². The van der Waals surface area contributed by atoms with Gasteiger partial charge in [0.15, 0.2) is 0 Å². The third-order valence-corrected chi connectivity index (χ3v) is 2.99. The van der Waals surface area contributed by atoms with Crippen molar-refractivity contribution in [3.63, 3.8) is 0 Å². The zero-order valence-corrected chi connectivity index (χ0v) is 11.0. The number of hydrogen-bond donors (Lipinski definition) is 1. The predicted molar refractivity (Wildman–Crippen MR) is 70.6 cm³/mol. The number of terminal acetylenes is 1. The van der Waals surface area contributed by atoms with Gasteiger partial charge in [-0.1, -0.05) is 5.92 Å². The molecule has 21 heavy (non-hydrogen) atoms. The first-order chi connectivity index (χ1) is 9.75. The van der Waals surface area contributed by atoms with E-state index in [1.165, 1.54) is 4.57 Å². The third kappa shape index (κ3) is 2.70. The van der Waals surface area contributed by atoms with Crippen LogP contribution < -0.4 is 5.73 Å². The summed E-state index contributed by atoms with van der Waals surface area (Å²) in [7, 11) is 0. The van der Waals surface area contributed by atoms with E-state index >= 15 is 0 Å². The molecule has 0 aliphatic rings. The Morgan fingerprint density at radius 3 is 2.62 bits per heavy atom. The standard InChI is InChI=1S/C14H11F4N3/c1-3-6-21-8(2)20-12(13(21)19)10-5-4-9(15)7-11(10)14(16,17)18/h1,4-5,7H,6,19H2,2H3. The van der Waals surface area contributed by atoms with Crippen LogP contribution in [0.1, 0.15) is 11.4 Å². The maximum atomic E-state index is 13.1. The average Bonchev–Trinajstić information content (AvgIpc) is 2.66. The zero-order chi connectivity index (χ0) is 15.8. The molecule has 2 aromatic rings. The Morgan fingerprint density at radius 2 is 2.05 bits per heavy atom. The summed E-state index contributed by atoms with van der Waals surface area (Å²) in [5, 5.41) is 0. The predicted octanol–water partition coefficient (Wildman–Crippen LogP) is 3.23. The normalized spacial score (nSPS) is 11.4. The van der Waals surface area contributed by atoms with Crippen molar-refractivity contribution in [3.8, 4) is 23.6 Å². The van der Waals surface area contributed by atoms with Crippen molar-refractivity contribution in [1.82, 2.24) is 9.55 Å². The highest BCUT2D eigenvalue weighted by Gasteiger charge is 2.35. The van der Waals surface area contributed by atoms with Gasteiger partial charge in [0, 0.05) is 5.56 Å². The smallest absolute Gasteiger partial charge is 0.383 e. The fraction of sp³-hybridized carbons (Fsp3) is 0.214. The van der Waals surface area contributed by atoms with Gasteiger partial charge < -0.3 is 10.3 Å². The van der Waals surface area contributed by atoms with E-state index in [4.69, 9.17) is 12.2 Å². The highest BCUT2D eigenvalue weighted by Crippen LogP contribution is 2.39. The molecule has 1 aromatic carbocycles. The quantitative estimate of drug-likeness (QED) is 0.683. The molecule has 0 atom stereocenters. The number of benzene rings is 1. The van der Waals surface area contributed by atoms with E-state index in [9.17, 15) is 17.6 Å². The molecule has 0 aliphatic carbocycles. The first-order valence-electron chi connectivity index (χ1n) is 5.89. The van der Waals surface area contributed by atoms with Crippen molar-refractivity contribution < 1.29 is 17.6 Å². The Bertz CT molecular complexity index is 723. The number of anilines is 1. The number of rotatable bonds is 2. The van der Waals surface area contributed by atoms with Crippen molar-refractivity contribution in [1.29, 1.82) is 0 Å². The molecule has 0 spiro atoms. The molecule has 2 rings (SSSR count). The van der Waals surface area contributed by atoms with Crippen LogP contribution in [0, 0.1) is 25.1 Å². The van der Waals surface area contributed by atoms with Gasteiger partial charge >= 0.3 is 6.18 Å². The molecule has 3 nitrogen and oxygen atoms in total. The number of nitrogens with zero attached hydrogens (tertiary/aromatic N) is 2. The second-order valence-electron chi connectivity index (χ2n) is 4.37. The molecule has 0 radical (unpaired) electrons. The molecule has 0 saturated carbocycles. The summed E-state index contributed by atoms with van der Waals surface area (Å²) >= 11 is 0. The zero-order valence-electron chi connectivity index (χ0n) is 11.0. The summed E-state index contributed by atoms with van der Waals surface area (Å²) in [5.74, 6) is 1.77. The van der Waals surface area contributed by atoms with E-state index in [-0.39, 0.29) is 23.6 Å². The van der Waals surface area contributed by atoms with Crippen molar-refractivity contribution in [2.24, 2.45) is 0 Å². The lowest BCUT2D eigenvalue weighted by Gasteiger charge is -2.12. The van der Waals surface area contributed by atoms with E-state index in [0.29, 0.717) is 11.9 Å². The molecule has 0 amide bonds. The number of aryl methyl sites for hydroxylation is 1. The number of hydrogen-bond acceptors (Lipinski definition) is 2. The van der Waals surface area contributed by atoms with Crippen LogP contribution in [0.2, 0.25) is 0 Å². The first kappa shape index (κ1) is 14.9. The minimum atomic E-state index is -4.71. The van der Waals surface area contributed by atoms with E-state index in [1.54, 1.807) is 6.92 Å². The summed E-state index contributed by atoms with van der Waals surface area (Å²) in [6.07, 6.45) is 0.467. The van der Waals surface area contributed by atoms with Crippen molar-refractivity contribution in [3.05, 3.63) is 35.4 Å². The van der Waals surface area contributed by atoms with Crippen LogP contribution in [-0.4, -0.2) is 9.55 Å². The van der Waals surface area contributed by atoms with E-state index in [2.05, 4.69) is 10.9 Å². The highest BCUT2D eigenvalue weighted by atomic mass is 19.4. The molecule has 0 fully saturated rings. The van der Waals surface area contributed by atoms with Crippen LogP contribution in [0.3, 0.4) is 0 Å². The van der Waals surface area contributed by atoms with E-state index in [1.807, 2.05) is 0 Å². The van der Waals surface area contributed by atoms with Gasteiger partial charge in [-0.3, -0.25) is 0 Å². The molecular formula is C14H11F4N3. The fourth-order valence-corrected chi connectivity index (χ4v) is 2.03. The van der Waals surface area contributed by atoms with Crippen LogP contribution in [0.25, 0.3) is 11.3 Å². The summed E-state index contributed by atoms with van der Waals surface area (Å²) in [5.41, 5.74) is 4.35. The second-order valence-corrected chi connectivity index (χ2v) is 4.37. The molecule has 1 aromatic heterocycles. The number of halogens is 4. The first-order valence-corrected chi connectivity index (χ1v) is 5.89. The Balaban J connectivity index is 2.69. The van der Waals surface area contributed by atoms with Crippen molar-refractivity contribution >= 4 is 5.82 Å². The monoisotopic (exact) mass is 297 g/mol. The van der Waals surface area contributed by atoms with Gasteiger partial charge in [-0.15, -0.1) is 6.42 Å². The Hall–Kier alpha value is -2.49. The van der Waals surface area contributed by atoms with Gasteiger partial charge in [-0.2, -0.15) is 13.2 Å². The highest BCUT2D eigenvalue weighted by molar-refractivity contribution is 5.74. The fourth-order valence-electron chi connectivity index (χ4n) is 2.03. The van der Waals surface area contributed by atoms with Gasteiger partial charge in [-0.25, -0.2) is 9.37 Å². The maximum absolute atomic E-state index is 13.1. The van der Waals surface area contributed by atoms with Crippen molar-refractivity contribution in [2.75, 3.05) is 5.73 Å². The number of alkyl halides is 3. The van der Waals surface area contributed by atoms with Crippen LogP contribution in [0.5, 0.6) is 0 Å². The van der Waals surface area contributed by atoms with Gasteiger partial charge in [0.1, 0.15) is 23.2 Å². The van der Waals surface area contributed by atoms with Crippen molar-refractivity contribution in [2.45, 2.75) is 19.6 Å². The minimum Gasteiger partial charge on any atom is -0.383 e. The molecular weight excluding hydrogens is 286 g/mol. The molecule has 0 bridgehead atoms. The Kier molecular flexibility index (Phi) is 3.64. The maximum Gasteiger partial charge on any atom is 0.417 e. The third-order valence-electron chi connectivity index (χ3n) is 2.99. The largest absolute Gasteiger partial charge is 0.417 e. The average molecular weight is 297 g/mol. The summed E-state index contributed by atoms with van der Waals surface area (Å²) in [6.45, 7) is 1.67. The van der Waals surface area contributed by atoms with Gasteiger partial charge in [-0.05, 0) is 25.1 Å². The topological polar surface area (TPSA) is 43.8 Å². The number of nitrogen functional groups attached to an aromatic ring is 1. The lowest BCUT2D eigenvalue weighted by molar-refractivity contribution is -0.137. The van der Waals surface area contributed by atoms with Gasteiger partial charge in [0.05, 0.1) is 12.1 Å². The Labute approximate surface area is 118 Å². The van der Waals surface area contributed by atoms with E-state index in [0.717, 1.165) is 12.1 Å². The number of imidazole rings is 1. The minimum absolute atomic E-state index is 0.0163.